The molecule has 1 amide bonds. The van der Waals surface area contributed by atoms with Crippen LogP contribution in [-0.4, -0.2) is 28.8 Å². The van der Waals surface area contributed by atoms with Gasteiger partial charge in [0.2, 0.25) is 5.91 Å². The number of nitrogens with one attached hydrogen (secondary N) is 1. The summed E-state index contributed by atoms with van der Waals surface area (Å²) < 4.78 is 5.10. The van der Waals surface area contributed by atoms with Gasteiger partial charge in [0, 0.05) is 41.2 Å². The van der Waals surface area contributed by atoms with Gasteiger partial charge in [-0.3, -0.25) is 14.6 Å². The second kappa shape index (κ2) is 9.98. The van der Waals surface area contributed by atoms with Crippen LogP contribution in [-0.2, 0) is 4.79 Å². The summed E-state index contributed by atoms with van der Waals surface area (Å²) >= 11 is 1.52. The Morgan fingerprint density at radius 1 is 0.969 bits per heavy atom. The fourth-order valence-corrected chi connectivity index (χ4v) is 3.95. The lowest BCUT2D eigenvalue weighted by Gasteiger charge is -2.07. The highest BCUT2D eigenvalue weighted by atomic mass is 32.1. The summed E-state index contributed by atoms with van der Waals surface area (Å²) in [5.74, 6) is 0.393. The molecule has 0 aliphatic heterocycles. The van der Waals surface area contributed by atoms with E-state index in [4.69, 9.17) is 4.74 Å². The molecule has 0 spiro atoms. The number of methoxy groups -OCH3 is 1. The zero-order valence-electron chi connectivity index (χ0n) is 17.4. The van der Waals surface area contributed by atoms with Gasteiger partial charge in [-0.25, -0.2) is 4.98 Å². The number of ether oxygens (including phenoxy) is 1. The predicted molar refractivity (Wildman–Crippen MR) is 126 cm³/mol. The van der Waals surface area contributed by atoms with Crippen LogP contribution in [0, 0.1) is 0 Å². The van der Waals surface area contributed by atoms with Crippen LogP contribution in [0.1, 0.15) is 23.2 Å². The third-order valence-electron chi connectivity index (χ3n) is 4.82. The maximum absolute atomic E-state index is 12.4. The number of hydrogen-bond donors (Lipinski definition) is 1. The van der Waals surface area contributed by atoms with Crippen LogP contribution in [0.15, 0.2) is 78.3 Å². The summed E-state index contributed by atoms with van der Waals surface area (Å²) in [7, 11) is 1.57. The standard InChI is InChI=1S/C25H21N3O3S/c1-31-20-10-8-17(9-11-20)23(29)12-13-24(30)27-19-6-4-5-18(15-19)22-16-32-25(28-22)21-7-2-3-14-26-21/h2-11,14-16H,12-13H2,1H3,(H,27,30). The Hall–Kier alpha value is -3.84. The van der Waals surface area contributed by atoms with E-state index < -0.39 is 0 Å². The first-order valence-electron chi connectivity index (χ1n) is 10.1. The van der Waals surface area contributed by atoms with Crippen molar-refractivity contribution in [2.45, 2.75) is 12.8 Å². The minimum Gasteiger partial charge on any atom is -0.497 e. The molecule has 0 atom stereocenters. The van der Waals surface area contributed by atoms with Crippen molar-refractivity contribution in [2.24, 2.45) is 0 Å². The lowest BCUT2D eigenvalue weighted by molar-refractivity contribution is -0.116. The molecule has 0 fully saturated rings. The molecule has 160 valence electrons. The van der Waals surface area contributed by atoms with Gasteiger partial charge in [-0.15, -0.1) is 11.3 Å². The van der Waals surface area contributed by atoms with Crippen molar-refractivity contribution in [1.29, 1.82) is 0 Å². The number of carbonyl (C=O) groups is 2. The van der Waals surface area contributed by atoms with Crippen LogP contribution in [0.25, 0.3) is 22.0 Å². The second-order valence-corrected chi connectivity index (χ2v) is 7.89. The average molecular weight is 444 g/mol. The smallest absolute Gasteiger partial charge is 0.224 e. The van der Waals surface area contributed by atoms with Gasteiger partial charge in [0.15, 0.2) is 5.78 Å². The van der Waals surface area contributed by atoms with Crippen molar-refractivity contribution < 1.29 is 14.3 Å². The molecule has 2 aromatic carbocycles. The summed E-state index contributed by atoms with van der Waals surface area (Å²) in [6, 6.07) is 20.1. The molecular formula is C25H21N3O3S. The van der Waals surface area contributed by atoms with E-state index in [0.717, 1.165) is 22.0 Å². The van der Waals surface area contributed by atoms with Gasteiger partial charge in [0.05, 0.1) is 18.5 Å². The van der Waals surface area contributed by atoms with Crippen LogP contribution in [0.5, 0.6) is 5.75 Å². The lowest BCUT2D eigenvalue weighted by atomic mass is 10.1. The normalized spacial score (nSPS) is 10.5. The molecule has 0 bridgehead atoms. The monoisotopic (exact) mass is 443 g/mol. The Morgan fingerprint density at radius 3 is 2.56 bits per heavy atom. The number of pyridine rings is 1. The molecule has 0 radical (unpaired) electrons. The molecule has 1 N–H and O–H groups in total. The number of amides is 1. The molecule has 0 saturated heterocycles. The van der Waals surface area contributed by atoms with Gasteiger partial charge in [0.1, 0.15) is 10.8 Å². The average Bonchev–Trinajstić information content (AvgIpc) is 3.34. The zero-order chi connectivity index (χ0) is 22.3. The fraction of sp³-hybridized carbons (Fsp3) is 0.120. The summed E-state index contributed by atoms with van der Waals surface area (Å²) in [6.45, 7) is 0. The third-order valence-corrected chi connectivity index (χ3v) is 5.69. The van der Waals surface area contributed by atoms with E-state index in [9.17, 15) is 9.59 Å². The molecule has 6 nitrogen and oxygen atoms in total. The zero-order valence-corrected chi connectivity index (χ0v) is 18.3. The van der Waals surface area contributed by atoms with Gasteiger partial charge in [0.25, 0.3) is 0 Å². The molecule has 0 aliphatic carbocycles. The van der Waals surface area contributed by atoms with Crippen molar-refractivity contribution in [3.05, 3.63) is 83.9 Å². The Labute approximate surface area is 189 Å². The highest BCUT2D eigenvalue weighted by Gasteiger charge is 2.11. The molecule has 32 heavy (non-hydrogen) atoms. The molecule has 0 unspecified atom stereocenters. The van der Waals surface area contributed by atoms with E-state index in [0.29, 0.717) is 17.0 Å². The van der Waals surface area contributed by atoms with Crippen LogP contribution >= 0.6 is 11.3 Å². The molecule has 2 heterocycles. The highest BCUT2D eigenvalue weighted by molar-refractivity contribution is 7.13. The number of aromatic nitrogens is 2. The SMILES string of the molecule is COc1ccc(C(=O)CCC(=O)Nc2cccc(-c3csc(-c4ccccn4)n3)c2)cc1. The van der Waals surface area contributed by atoms with Gasteiger partial charge < -0.3 is 10.1 Å². The topological polar surface area (TPSA) is 81.2 Å². The lowest BCUT2D eigenvalue weighted by Crippen LogP contribution is -2.13. The number of ketones is 1. The second-order valence-electron chi connectivity index (χ2n) is 7.03. The molecule has 4 rings (SSSR count). The molecular weight excluding hydrogens is 422 g/mol. The number of benzene rings is 2. The van der Waals surface area contributed by atoms with E-state index >= 15 is 0 Å². The number of Topliss-reactive ketones (excluding diaryl/α,β-unsaturated/α-hetero) is 1. The minimum absolute atomic E-state index is 0.0823. The van der Waals surface area contributed by atoms with Gasteiger partial charge in [-0.1, -0.05) is 18.2 Å². The maximum atomic E-state index is 12.4. The van der Waals surface area contributed by atoms with Gasteiger partial charge >= 0.3 is 0 Å². The minimum atomic E-state index is -0.212. The number of carbonyl (C=O) groups excluding carboxylic acids is 2. The van der Waals surface area contributed by atoms with Crippen molar-refractivity contribution in [1.82, 2.24) is 9.97 Å². The van der Waals surface area contributed by atoms with Gasteiger partial charge in [-0.05, 0) is 48.5 Å². The number of thiazole rings is 1. The number of rotatable bonds is 8. The van der Waals surface area contributed by atoms with Crippen LogP contribution < -0.4 is 10.1 Å². The highest BCUT2D eigenvalue weighted by Crippen LogP contribution is 2.29. The summed E-state index contributed by atoms with van der Waals surface area (Å²) in [5.41, 5.74) is 3.77. The first-order valence-corrected chi connectivity index (χ1v) is 10.9. The molecule has 0 aliphatic rings. The maximum Gasteiger partial charge on any atom is 0.224 e. The van der Waals surface area contributed by atoms with Crippen molar-refractivity contribution in [2.75, 3.05) is 12.4 Å². The summed E-state index contributed by atoms with van der Waals surface area (Å²) in [5, 5.41) is 5.68. The van der Waals surface area contributed by atoms with E-state index in [1.807, 2.05) is 47.8 Å². The third kappa shape index (κ3) is 5.25. The number of hydrogen-bond acceptors (Lipinski definition) is 6. The first kappa shape index (κ1) is 21.4. The van der Waals surface area contributed by atoms with Crippen molar-refractivity contribution in [3.8, 4) is 27.7 Å². The van der Waals surface area contributed by atoms with Crippen molar-refractivity contribution in [3.63, 3.8) is 0 Å². The van der Waals surface area contributed by atoms with E-state index in [1.165, 1.54) is 11.3 Å². The Balaban J connectivity index is 1.37. The Kier molecular flexibility index (Phi) is 6.67. The van der Waals surface area contributed by atoms with Crippen LogP contribution in [0.2, 0.25) is 0 Å². The number of nitrogens with zero attached hydrogens (tertiary/aromatic N) is 2. The molecule has 7 heteroatoms. The van der Waals surface area contributed by atoms with Crippen molar-refractivity contribution >= 4 is 28.7 Å². The Bertz CT molecular complexity index is 1220. The summed E-state index contributed by atoms with van der Waals surface area (Å²) in [4.78, 5) is 33.7. The summed E-state index contributed by atoms with van der Waals surface area (Å²) in [6.07, 6.45) is 1.99. The van der Waals surface area contributed by atoms with Crippen LogP contribution in [0.4, 0.5) is 5.69 Å². The van der Waals surface area contributed by atoms with E-state index in [1.54, 1.807) is 37.6 Å². The Morgan fingerprint density at radius 2 is 1.81 bits per heavy atom. The first-order chi connectivity index (χ1) is 15.6. The van der Waals surface area contributed by atoms with E-state index in [2.05, 4.69) is 15.3 Å². The largest absolute Gasteiger partial charge is 0.497 e. The number of anilines is 1. The molecule has 2 aromatic heterocycles. The fourth-order valence-electron chi connectivity index (χ4n) is 3.14. The van der Waals surface area contributed by atoms with E-state index in [-0.39, 0.29) is 24.5 Å². The van der Waals surface area contributed by atoms with Crippen LogP contribution in [0.3, 0.4) is 0 Å². The molecule has 0 saturated carbocycles. The molecule has 4 aromatic rings. The van der Waals surface area contributed by atoms with Gasteiger partial charge in [-0.2, -0.15) is 0 Å². The predicted octanol–water partition coefficient (Wildman–Crippen LogP) is 5.48. The quantitative estimate of drug-likeness (QED) is 0.365.